The molecule has 0 atom stereocenters. The number of carbonyl (C=O) groups is 3. The summed E-state index contributed by atoms with van der Waals surface area (Å²) in [4.78, 5) is 34.4. The molecule has 0 radical (unpaired) electrons. The first-order valence-corrected chi connectivity index (χ1v) is 5.50. The molecule has 18 heavy (non-hydrogen) atoms. The fraction of sp³-hybridized carbons (Fsp3) is 0.417. The standard InChI is InChI=1S/C12H16N2O4/c1-5-18-12(17)8-6(2)9(10(15)11(13)16)14(4)7(8)3/h5H2,1-4H3,(H2,13,16). The van der Waals surface area contributed by atoms with Crippen LogP contribution >= 0.6 is 0 Å². The van der Waals surface area contributed by atoms with Crippen molar-refractivity contribution in [2.45, 2.75) is 20.8 Å². The van der Waals surface area contributed by atoms with Crippen molar-refractivity contribution in [2.24, 2.45) is 12.8 Å². The molecule has 1 aromatic rings. The SMILES string of the molecule is CCOC(=O)c1c(C)c(C(=O)C(N)=O)n(C)c1C. The molecule has 0 bridgehead atoms. The molecule has 6 nitrogen and oxygen atoms in total. The first-order chi connectivity index (χ1) is 8.32. The number of nitrogens with two attached hydrogens (primary N) is 1. The maximum Gasteiger partial charge on any atom is 0.340 e. The van der Waals surface area contributed by atoms with E-state index in [1.807, 2.05) is 0 Å². The van der Waals surface area contributed by atoms with Gasteiger partial charge in [-0.15, -0.1) is 0 Å². The Morgan fingerprint density at radius 3 is 2.28 bits per heavy atom. The Morgan fingerprint density at radius 1 is 1.28 bits per heavy atom. The first-order valence-electron chi connectivity index (χ1n) is 5.50. The molecule has 1 amide bonds. The summed E-state index contributed by atoms with van der Waals surface area (Å²) in [7, 11) is 1.60. The molecule has 6 heteroatoms. The lowest BCUT2D eigenvalue weighted by atomic mass is 10.1. The third-order valence-electron chi connectivity index (χ3n) is 2.85. The number of esters is 1. The lowest BCUT2D eigenvalue weighted by Crippen LogP contribution is -2.25. The average molecular weight is 252 g/mol. The smallest absolute Gasteiger partial charge is 0.340 e. The van der Waals surface area contributed by atoms with Gasteiger partial charge in [-0.25, -0.2) is 4.79 Å². The Bertz CT molecular complexity index is 529. The van der Waals surface area contributed by atoms with Crippen LogP contribution in [0, 0.1) is 13.8 Å². The molecule has 0 unspecified atom stereocenters. The van der Waals surface area contributed by atoms with Gasteiger partial charge in [-0.1, -0.05) is 0 Å². The number of aromatic nitrogens is 1. The summed E-state index contributed by atoms with van der Waals surface area (Å²) in [5.41, 5.74) is 6.40. The molecule has 0 saturated carbocycles. The van der Waals surface area contributed by atoms with Crippen LogP contribution < -0.4 is 5.73 Å². The van der Waals surface area contributed by atoms with E-state index in [1.165, 1.54) is 4.57 Å². The van der Waals surface area contributed by atoms with Crippen LogP contribution in [-0.2, 0) is 16.6 Å². The zero-order valence-corrected chi connectivity index (χ0v) is 10.9. The van der Waals surface area contributed by atoms with E-state index in [0.29, 0.717) is 16.8 Å². The van der Waals surface area contributed by atoms with Gasteiger partial charge in [-0.05, 0) is 26.3 Å². The molecule has 0 aliphatic carbocycles. The van der Waals surface area contributed by atoms with Crippen molar-refractivity contribution < 1.29 is 19.1 Å². The van der Waals surface area contributed by atoms with Gasteiger partial charge in [-0.3, -0.25) is 9.59 Å². The van der Waals surface area contributed by atoms with Gasteiger partial charge in [0.1, 0.15) is 0 Å². The topological polar surface area (TPSA) is 91.4 Å². The van der Waals surface area contributed by atoms with Crippen molar-refractivity contribution in [2.75, 3.05) is 6.61 Å². The second-order valence-electron chi connectivity index (χ2n) is 3.91. The highest BCUT2D eigenvalue weighted by molar-refractivity contribution is 6.42. The van der Waals surface area contributed by atoms with Crippen LogP contribution in [0.2, 0.25) is 0 Å². The minimum absolute atomic E-state index is 0.128. The molecule has 0 fully saturated rings. The first kappa shape index (κ1) is 14.0. The number of nitrogens with zero attached hydrogens (tertiary/aromatic N) is 1. The number of rotatable bonds is 4. The van der Waals surface area contributed by atoms with Gasteiger partial charge in [0.2, 0.25) is 0 Å². The van der Waals surface area contributed by atoms with Gasteiger partial charge in [0.25, 0.3) is 11.7 Å². The number of amides is 1. The van der Waals surface area contributed by atoms with E-state index in [1.54, 1.807) is 27.8 Å². The quantitative estimate of drug-likeness (QED) is 0.479. The average Bonchev–Trinajstić information content (AvgIpc) is 2.50. The Kier molecular flexibility index (Phi) is 3.90. The number of primary amides is 1. The van der Waals surface area contributed by atoms with Crippen molar-refractivity contribution in [3.63, 3.8) is 0 Å². The molecule has 98 valence electrons. The van der Waals surface area contributed by atoms with Gasteiger partial charge in [0.05, 0.1) is 17.9 Å². The van der Waals surface area contributed by atoms with Gasteiger partial charge in [0, 0.05) is 12.7 Å². The molecule has 0 aliphatic heterocycles. The molecule has 2 N–H and O–H groups in total. The van der Waals surface area contributed by atoms with Crippen molar-refractivity contribution in [1.82, 2.24) is 4.57 Å². The molecular weight excluding hydrogens is 236 g/mol. The monoisotopic (exact) mass is 252 g/mol. The molecule has 0 saturated heterocycles. The van der Waals surface area contributed by atoms with Gasteiger partial charge in [-0.2, -0.15) is 0 Å². The van der Waals surface area contributed by atoms with Crippen LogP contribution in [0.25, 0.3) is 0 Å². The van der Waals surface area contributed by atoms with Crippen LogP contribution in [0.15, 0.2) is 0 Å². The largest absolute Gasteiger partial charge is 0.462 e. The highest BCUT2D eigenvalue weighted by Crippen LogP contribution is 2.22. The van der Waals surface area contributed by atoms with Crippen molar-refractivity contribution in [3.05, 3.63) is 22.5 Å². The Balaban J connectivity index is 3.41. The van der Waals surface area contributed by atoms with E-state index >= 15 is 0 Å². The van der Waals surface area contributed by atoms with Crippen LogP contribution in [0.3, 0.4) is 0 Å². The summed E-state index contributed by atoms with van der Waals surface area (Å²) in [6.45, 7) is 5.21. The highest BCUT2D eigenvalue weighted by Gasteiger charge is 2.27. The number of hydrogen-bond acceptors (Lipinski definition) is 4. The fourth-order valence-electron chi connectivity index (χ4n) is 1.92. The Morgan fingerprint density at radius 2 is 1.83 bits per heavy atom. The van der Waals surface area contributed by atoms with E-state index in [9.17, 15) is 14.4 Å². The third-order valence-corrected chi connectivity index (χ3v) is 2.85. The number of ether oxygens (including phenoxy) is 1. The molecule has 1 aromatic heterocycles. The zero-order valence-electron chi connectivity index (χ0n) is 10.9. The number of carbonyl (C=O) groups excluding carboxylic acids is 3. The normalized spacial score (nSPS) is 10.2. The molecule has 0 aromatic carbocycles. The Hall–Kier alpha value is -2.11. The van der Waals surface area contributed by atoms with E-state index < -0.39 is 17.7 Å². The summed E-state index contributed by atoms with van der Waals surface area (Å²) in [6.07, 6.45) is 0. The van der Waals surface area contributed by atoms with E-state index in [2.05, 4.69) is 0 Å². The Labute approximate surface area is 105 Å². The van der Waals surface area contributed by atoms with Gasteiger partial charge in [0.15, 0.2) is 0 Å². The minimum atomic E-state index is -1.05. The fourth-order valence-corrected chi connectivity index (χ4v) is 1.92. The third kappa shape index (κ3) is 2.13. The molecule has 1 heterocycles. The molecule has 0 spiro atoms. The lowest BCUT2D eigenvalue weighted by molar-refractivity contribution is -0.114. The van der Waals surface area contributed by atoms with E-state index in [0.717, 1.165) is 0 Å². The van der Waals surface area contributed by atoms with E-state index in [-0.39, 0.29) is 12.3 Å². The van der Waals surface area contributed by atoms with Crippen LogP contribution in [0.4, 0.5) is 0 Å². The summed E-state index contributed by atoms with van der Waals surface area (Å²) in [5, 5.41) is 0. The lowest BCUT2D eigenvalue weighted by Gasteiger charge is -2.02. The summed E-state index contributed by atoms with van der Waals surface area (Å²) >= 11 is 0. The van der Waals surface area contributed by atoms with Gasteiger partial charge >= 0.3 is 5.97 Å². The van der Waals surface area contributed by atoms with Crippen LogP contribution in [0.1, 0.15) is 39.0 Å². The van der Waals surface area contributed by atoms with E-state index in [4.69, 9.17) is 10.5 Å². The van der Waals surface area contributed by atoms with Crippen molar-refractivity contribution in [1.29, 1.82) is 0 Å². The van der Waals surface area contributed by atoms with Crippen molar-refractivity contribution in [3.8, 4) is 0 Å². The predicted octanol–water partition coefficient (Wildman–Crippen LogP) is 0.487. The van der Waals surface area contributed by atoms with Gasteiger partial charge < -0.3 is 15.0 Å². The van der Waals surface area contributed by atoms with Crippen LogP contribution in [0.5, 0.6) is 0 Å². The molecule has 1 rings (SSSR count). The molecule has 0 aliphatic rings. The second kappa shape index (κ2) is 5.03. The highest BCUT2D eigenvalue weighted by atomic mass is 16.5. The predicted molar refractivity (Wildman–Crippen MR) is 64.4 cm³/mol. The zero-order chi connectivity index (χ0) is 14.0. The number of Topliss-reactive ketones (excluding diaryl/α,β-unsaturated/α-hetero) is 1. The summed E-state index contributed by atoms with van der Waals surface area (Å²) in [6, 6.07) is 0. The number of hydrogen-bond donors (Lipinski definition) is 1. The number of ketones is 1. The summed E-state index contributed by atoms with van der Waals surface area (Å²) in [5.74, 6) is -2.37. The summed E-state index contributed by atoms with van der Waals surface area (Å²) < 4.78 is 6.40. The second-order valence-corrected chi connectivity index (χ2v) is 3.91. The van der Waals surface area contributed by atoms with Crippen LogP contribution in [-0.4, -0.2) is 28.8 Å². The maximum absolute atomic E-state index is 11.8. The minimum Gasteiger partial charge on any atom is -0.462 e. The maximum atomic E-state index is 11.8. The molecular formula is C12H16N2O4. The van der Waals surface area contributed by atoms with Crippen molar-refractivity contribution >= 4 is 17.7 Å².